The molecule has 1 aliphatic rings. The van der Waals surface area contributed by atoms with Gasteiger partial charge in [-0.1, -0.05) is 32.4 Å². The van der Waals surface area contributed by atoms with Crippen LogP contribution in [0.25, 0.3) is 6.08 Å². The monoisotopic (exact) mass is 481 g/mol. The van der Waals surface area contributed by atoms with E-state index in [9.17, 15) is 32.9 Å². The molecule has 0 saturated carbocycles. The van der Waals surface area contributed by atoms with Crippen molar-refractivity contribution in [2.75, 3.05) is 19.8 Å². The van der Waals surface area contributed by atoms with Crippen molar-refractivity contribution in [3.05, 3.63) is 44.0 Å². The van der Waals surface area contributed by atoms with Gasteiger partial charge in [0.15, 0.2) is 6.61 Å². The molecule has 0 radical (unpaired) electrons. The third-order valence-corrected chi connectivity index (χ3v) is 4.46. The SMILES string of the molecule is CC(C)(C)c1cc2c(cc1Cl)C=C(C(=O)OCCOC(=O)CO[N+](=O)[O-])[C@@H](C(F)(F)F)O2. The fourth-order valence-corrected chi connectivity index (χ4v) is 3.18. The summed E-state index contributed by atoms with van der Waals surface area (Å²) in [6.07, 6.45) is -6.52. The molecule has 0 aliphatic carbocycles. The molecule has 0 unspecified atom stereocenters. The van der Waals surface area contributed by atoms with Crippen LogP contribution in [0.2, 0.25) is 5.02 Å². The fraction of sp³-hybridized carbons (Fsp3) is 0.474. The molecule has 13 heteroatoms. The van der Waals surface area contributed by atoms with Crippen molar-refractivity contribution in [1.82, 2.24) is 0 Å². The van der Waals surface area contributed by atoms with Gasteiger partial charge in [-0.25, -0.2) is 9.59 Å². The number of fused-ring (bicyclic) bond motifs is 1. The topological polar surface area (TPSA) is 114 Å². The van der Waals surface area contributed by atoms with Gasteiger partial charge in [0, 0.05) is 10.6 Å². The number of ether oxygens (including phenoxy) is 3. The number of alkyl halides is 3. The Morgan fingerprint density at radius 3 is 2.38 bits per heavy atom. The fourth-order valence-electron chi connectivity index (χ4n) is 2.72. The number of halogens is 4. The van der Waals surface area contributed by atoms with Crippen LogP contribution in [0.4, 0.5) is 13.2 Å². The molecule has 0 amide bonds. The number of esters is 2. The molecule has 1 aromatic carbocycles. The van der Waals surface area contributed by atoms with E-state index in [0.29, 0.717) is 5.56 Å². The summed E-state index contributed by atoms with van der Waals surface area (Å²) in [5.74, 6) is -2.55. The summed E-state index contributed by atoms with van der Waals surface area (Å²) in [7, 11) is 0. The van der Waals surface area contributed by atoms with E-state index in [0.717, 1.165) is 6.08 Å². The predicted octanol–water partition coefficient (Wildman–Crippen LogP) is 3.64. The molecule has 9 nitrogen and oxygen atoms in total. The Morgan fingerprint density at radius 1 is 1.19 bits per heavy atom. The summed E-state index contributed by atoms with van der Waals surface area (Å²) in [4.78, 5) is 37.2. The standard InChI is InChI=1S/C19H19ClF3NO8/c1-18(2,3)12-8-14-10(7-13(12)20)6-11(16(32-14)19(21,22)23)17(26)30-5-4-29-15(25)9-31-24(27)28/h6-8,16H,4-5,9H2,1-3H3/t16-/m0/s1. The molecule has 0 spiro atoms. The molecule has 176 valence electrons. The molecule has 0 N–H and O–H groups in total. The van der Waals surface area contributed by atoms with Gasteiger partial charge in [-0.3, -0.25) is 0 Å². The van der Waals surface area contributed by atoms with Gasteiger partial charge in [0.2, 0.25) is 6.10 Å². The van der Waals surface area contributed by atoms with Crippen LogP contribution in [0, 0.1) is 10.1 Å². The second kappa shape index (κ2) is 9.63. The molecule has 0 saturated heterocycles. The van der Waals surface area contributed by atoms with Crippen LogP contribution in [0.15, 0.2) is 17.7 Å². The van der Waals surface area contributed by atoms with Gasteiger partial charge in [0.05, 0.1) is 5.57 Å². The minimum atomic E-state index is -4.92. The molecular weight excluding hydrogens is 463 g/mol. The van der Waals surface area contributed by atoms with Crippen molar-refractivity contribution in [2.24, 2.45) is 0 Å². The van der Waals surface area contributed by atoms with Crippen LogP contribution in [-0.4, -0.2) is 49.1 Å². The van der Waals surface area contributed by atoms with Crippen molar-refractivity contribution in [3.8, 4) is 5.75 Å². The summed E-state index contributed by atoms with van der Waals surface area (Å²) in [6.45, 7) is 3.37. The second-order valence-corrected chi connectivity index (χ2v) is 8.02. The highest BCUT2D eigenvalue weighted by atomic mass is 35.5. The lowest BCUT2D eigenvalue weighted by atomic mass is 9.85. The number of nitrogens with zero attached hydrogens (tertiary/aromatic N) is 1. The zero-order chi connectivity index (χ0) is 24.3. The number of hydrogen-bond acceptors (Lipinski definition) is 8. The van der Waals surface area contributed by atoms with Crippen LogP contribution in [-0.2, 0) is 29.3 Å². The van der Waals surface area contributed by atoms with Crippen molar-refractivity contribution in [2.45, 2.75) is 38.5 Å². The Hall–Kier alpha value is -3.02. The van der Waals surface area contributed by atoms with Crippen LogP contribution >= 0.6 is 11.6 Å². The quantitative estimate of drug-likeness (QED) is 0.251. The molecule has 0 aromatic heterocycles. The third kappa shape index (κ3) is 6.49. The lowest BCUT2D eigenvalue weighted by Crippen LogP contribution is -2.41. The number of carbonyl (C=O) groups is 2. The van der Waals surface area contributed by atoms with Crippen molar-refractivity contribution < 1.29 is 46.9 Å². The molecule has 1 heterocycles. The molecule has 0 fully saturated rings. The van der Waals surface area contributed by atoms with Gasteiger partial charge in [0.1, 0.15) is 19.0 Å². The number of hydrogen-bond donors (Lipinski definition) is 0. The Kier molecular flexibility index (Phi) is 7.60. The van der Waals surface area contributed by atoms with E-state index in [2.05, 4.69) is 9.57 Å². The van der Waals surface area contributed by atoms with Crippen molar-refractivity contribution in [3.63, 3.8) is 0 Å². The van der Waals surface area contributed by atoms with E-state index in [1.165, 1.54) is 12.1 Å². The number of benzene rings is 1. The van der Waals surface area contributed by atoms with E-state index < -0.39 is 60.1 Å². The Bertz CT molecular complexity index is 940. The average molecular weight is 482 g/mol. The van der Waals surface area contributed by atoms with Crippen LogP contribution in [0.1, 0.15) is 31.9 Å². The van der Waals surface area contributed by atoms with Crippen LogP contribution in [0.3, 0.4) is 0 Å². The highest BCUT2D eigenvalue weighted by Gasteiger charge is 2.49. The molecular formula is C19H19ClF3NO8. The highest BCUT2D eigenvalue weighted by molar-refractivity contribution is 6.31. The predicted molar refractivity (Wildman–Crippen MR) is 103 cm³/mol. The van der Waals surface area contributed by atoms with Gasteiger partial charge < -0.3 is 19.0 Å². The maximum absolute atomic E-state index is 13.6. The van der Waals surface area contributed by atoms with Crippen molar-refractivity contribution >= 4 is 29.6 Å². The van der Waals surface area contributed by atoms with E-state index in [1.807, 2.05) is 20.8 Å². The summed E-state index contributed by atoms with van der Waals surface area (Å²) in [6, 6.07) is 2.80. The first-order valence-corrected chi connectivity index (χ1v) is 9.47. The summed E-state index contributed by atoms with van der Waals surface area (Å²) < 4.78 is 55.0. The molecule has 0 bridgehead atoms. The summed E-state index contributed by atoms with van der Waals surface area (Å²) in [5, 5.41) is 9.06. The highest BCUT2D eigenvalue weighted by Crippen LogP contribution is 2.42. The van der Waals surface area contributed by atoms with Gasteiger partial charge in [0.25, 0.3) is 5.09 Å². The molecule has 2 rings (SSSR count). The first-order valence-electron chi connectivity index (χ1n) is 9.09. The lowest BCUT2D eigenvalue weighted by molar-refractivity contribution is -0.754. The third-order valence-electron chi connectivity index (χ3n) is 4.15. The zero-order valence-corrected chi connectivity index (χ0v) is 17.9. The minimum absolute atomic E-state index is 0.0853. The summed E-state index contributed by atoms with van der Waals surface area (Å²) in [5.41, 5.74) is -0.540. The normalized spacial score (nSPS) is 15.7. The lowest BCUT2D eigenvalue weighted by Gasteiger charge is -2.30. The minimum Gasteiger partial charge on any atom is -0.475 e. The average Bonchev–Trinajstić information content (AvgIpc) is 2.66. The molecule has 1 aromatic rings. The molecule has 1 atom stereocenters. The zero-order valence-electron chi connectivity index (χ0n) is 17.2. The van der Waals surface area contributed by atoms with E-state index in [1.54, 1.807) is 0 Å². The van der Waals surface area contributed by atoms with E-state index >= 15 is 0 Å². The van der Waals surface area contributed by atoms with Crippen LogP contribution < -0.4 is 4.74 Å². The van der Waals surface area contributed by atoms with Gasteiger partial charge in [-0.05, 0) is 29.2 Å². The maximum atomic E-state index is 13.6. The molecule has 32 heavy (non-hydrogen) atoms. The maximum Gasteiger partial charge on any atom is 0.430 e. The van der Waals surface area contributed by atoms with Gasteiger partial charge >= 0.3 is 18.1 Å². The largest absolute Gasteiger partial charge is 0.475 e. The van der Waals surface area contributed by atoms with E-state index in [4.69, 9.17) is 21.1 Å². The smallest absolute Gasteiger partial charge is 0.430 e. The molecule has 1 aliphatic heterocycles. The van der Waals surface area contributed by atoms with Gasteiger partial charge in [-0.15, -0.1) is 10.1 Å². The first-order chi connectivity index (χ1) is 14.7. The number of rotatable bonds is 7. The van der Waals surface area contributed by atoms with E-state index in [-0.39, 0.29) is 16.3 Å². The number of carbonyl (C=O) groups excluding carboxylic acids is 2. The van der Waals surface area contributed by atoms with Crippen LogP contribution in [0.5, 0.6) is 5.75 Å². The second-order valence-electron chi connectivity index (χ2n) is 7.61. The Labute approximate surface area is 185 Å². The Balaban J connectivity index is 2.16. The Morgan fingerprint density at radius 2 is 1.81 bits per heavy atom. The first kappa shape index (κ1) is 25.2. The van der Waals surface area contributed by atoms with Crippen molar-refractivity contribution in [1.29, 1.82) is 0 Å². The van der Waals surface area contributed by atoms with Gasteiger partial charge in [-0.2, -0.15) is 13.2 Å². The summed E-state index contributed by atoms with van der Waals surface area (Å²) >= 11 is 6.25.